The number of ether oxygens (including phenoxy) is 1. The van der Waals surface area contributed by atoms with E-state index in [0.717, 1.165) is 19.6 Å². The molecule has 1 fully saturated rings. The van der Waals surface area contributed by atoms with Crippen molar-refractivity contribution in [3.63, 3.8) is 0 Å². The smallest absolute Gasteiger partial charge is 0.222 e. The third-order valence-electron chi connectivity index (χ3n) is 4.12. The Bertz CT molecular complexity index is 285. The summed E-state index contributed by atoms with van der Waals surface area (Å²) >= 11 is 0. The minimum Gasteiger partial charge on any atom is -0.379 e. The molecule has 0 bridgehead atoms. The molecule has 1 aliphatic rings. The number of unbranched alkanes of at least 4 members (excludes halogenated alkanes) is 1. The van der Waals surface area contributed by atoms with E-state index in [1.807, 2.05) is 13.8 Å². The number of piperidine rings is 1. The average molecular weight is 298 g/mol. The molecule has 0 aliphatic carbocycles. The molecule has 0 spiro atoms. The molecule has 0 aromatic carbocycles. The van der Waals surface area contributed by atoms with Gasteiger partial charge in [0.2, 0.25) is 5.91 Å². The fraction of sp³-hybridized carbons (Fsp3) is 0.941. The minimum atomic E-state index is 0.0955. The van der Waals surface area contributed by atoms with Crippen LogP contribution in [0.1, 0.15) is 53.4 Å². The molecule has 0 saturated carbocycles. The topological polar surface area (TPSA) is 41.6 Å². The maximum Gasteiger partial charge on any atom is 0.222 e. The van der Waals surface area contributed by atoms with Gasteiger partial charge in [-0.25, -0.2) is 0 Å². The number of nitrogens with zero attached hydrogens (tertiary/aromatic N) is 1. The molecule has 4 heteroatoms. The predicted octanol–water partition coefficient (Wildman–Crippen LogP) is 2.68. The van der Waals surface area contributed by atoms with Crippen LogP contribution in [0.5, 0.6) is 0 Å². The van der Waals surface area contributed by atoms with Gasteiger partial charge in [-0.05, 0) is 65.1 Å². The zero-order valence-corrected chi connectivity index (χ0v) is 14.4. The number of hydrogen-bond acceptors (Lipinski definition) is 3. The van der Waals surface area contributed by atoms with Crippen LogP contribution in [-0.4, -0.2) is 49.7 Å². The van der Waals surface area contributed by atoms with Gasteiger partial charge in [0.1, 0.15) is 0 Å². The van der Waals surface area contributed by atoms with Crippen molar-refractivity contribution in [3.05, 3.63) is 0 Å². The van der Waals surface area contributed by atoms with E-state index in [1.54, 1.807) is 0 Å². The first-order valence-corrected chi connectivity index (χ1v) is 8.60. The van der Waals surface area contributed by atoms with E-state index in [2.05, 4.69) is 24.1 Å². The Morgan fingerprint density at radius 1 is 1.19 bits per heavy atom. The molecular formula is C17H34N2O2. The van der Waals surface area contributed by atoms with Gasteiger partial charge in [-0.3, -0.25) is 4.79 Å². The van der Waals surface area contributed by atoms with Crippen LogP contribution in [0, 0.1) is 11.8 Å². The Kier molecular flexibility index (Phi) is 8.93. The van der Waals surface area contributed by atoms with Crippen molar-refractivity contribution in [1.82, 2.24) is 10.2 Å². The van der Waals surface area contributed by atoms with Crippen molar-refractivity contribution >= 4 is 5.91 Å². The first kappa shape index (κ1) is 18.4. The van der Waals surface area contributed by atoms with Crippen LogP contribution < -0.4 is 5.32 Å². The Labute approximate surface area is 130 Å². The van der Waals surface area contributed by atoms with Crippen molar-refractivity contribution in [2.75, 3.05) is 32.8 Å². The second-order valence-corrected chi connectivity index (χ2v) is 6.81. The summed E-state index contributed by atoms with van der Waals surface area (Å²) in [6.45, 7) is 13.3. The molecule has 1 amide bonds. The largest absolute Gasteiger partial charge is 0.379 e. The van der Waals surface area contributed by atoms with Crippen LogP contribution in [-0.2, 0) is 9.53 Å². The molecule has 1 aliphatic heterocycles. The van der Waals surface area contributed by atoms with Gasteiger partial charge in [0.15, 0.2) is 0 Å². The zero-order chi connectivity index (χ0) is 15.7. The molecule has 1 heterocycles. The first-order valence-electron chi connectivity index (χ1n) is 8.60. The number of rotatable bonds is 9. The van der Waals surface area contributed by atoms with Crippen molar-refractivity contribution in [1.29, 1.82) is 0 Å². The Balaban J connectivity index is 2.03. The number of likely N-dealkylation sites (tertiary alicyclic amines) is 1. The lowest BCUT2D eigenvalue weighted by atomic mass is 9.96. The van der Waals surface area contributed by atoms with Gasteiger partial charge in [-0.2, -0.15) is 0 Å². The predicted molar refractivity (Wildman–Crippen MR) is 87.3 cm³/mol. The monoisotopic (exact) mass is 298 g/mol. The van der Waals surface area contributed by atoms with Gasteiger partial charge in [-0.15, -0.1) is 0 Å². The van der Waals surface area contributed by atoms with Crippen molar-refractivity contribution in [2.45, 2.75) is 59.5 Å². The highest BCUT2D eigenvalue weighted by molar-refractivity contribution is 5.77. The third-order valence-corrected chi connectivity index (χ3v) is 4.12. The Hall–Kier alpha value is -0.610. The molecule has 0 aromatic heterocycles. The molecular weight excluding hydrogens is 264 g/mol. The molecule has 124 valence electrons. The molecule has 1 rings (SSSR count). The molecule has 0 radical (unpaired) electrons. The lowest BCUT2D eigenvalue weighted by Crippen LogP contribution is -2.39. The van der Waals surface area contributed by atoms with Gasteiger partial charge in [0, 0.05) is 19.1 Å². The summed E-state index contributed by atoms with van der Waals surface area (Å²) in [5.41, 5.74) is 0. The lowest BCUT2D eigenvalue weighted by molar-refractivity contribution is -0.124. The van der Waals surface area contributed by atoms with E-state index in [1.165, 1.54) is 38.9 Å². The van der Waals surface area contributed by atoms with Gasteiger partial charge >= 0.3 is 0 Å². The number of hydrogen-bond donors (Lipinski definition) is 1. The summed E-state index contributed by atoms with van der Waals surface area (Å²) in [6.07, 6.45) is 5.15. The highest BCUT2D eigenvalue weighted by atomic mass is 16.5. The molecule has 21 heavy (non-hydrogen) atoms. The van der Waals surface area contributed by atoms with E-state index in [0.29, 0.717) is 12.0 Å². The first-order chi connectivity index (χ1) is 9.99. The fourth-order valence-corrected chi connectivity index (χ4v) is 2.62. The summed E-state index contributed by atoms with van der Waals surface area (Å²) in [4.78, 5) is 14.1. The SMILES string of the molecule is CC(C)OCCCCN1CCC(CNC(=O)C(C)C)CC1. The standard InChI is InChI=1S/C17H34N2O2/c1-14(2)17(20)18-13-16-7-10-19(11-8-16)9-5-6-12-21-15(3)4/h14-16H,5-13H2,1-4H3,(H,18,20). The Morgan fingerprint density at radius 3 is 2.43 bits per heavy atom. The third kappa shape index (κ3) is 8.42. The van der Waals surface area contributed by atoms with Crippen LogP contribution in [0.25, 0.3) is 0 Å². The summed E-state index contributed by atoms with van der Waals surface area (Å²) in [7, 11) is 0. The number of carbonyl (C=O) groups is 1. The van der Waals surface area contributed by atoms with Crippen LogP contribution >= 0.6 is 0 Å². The van der Waals surface area contributed by atoms with E-state index < -0.39 is 0 Å². The Morgan fingerprint density at radius 2 is 1.86 bits per heavy atom. The van der Waals surface area contributed by atoms with Gasteiger partial charge < -0.3 is 15.0 Å². The normalized spacial score (nSPS) is 17.6. The minimum absolute atomic E-state index is 0.0955. The molecule has 1 saturated heterocycles. The van der Waals surface area contributed by atoms with Crippen LogP contribution in [0.4, 0.5) is 0 Å². The van der Waals surface area contributed by atoms with E-state index in [-0.39, 0.29) is 11.8 Å². The van der Waals surface area contributed by atoms with E-state index >= 15 is 0 Å². The quantitative estimate of drug-likeness (QED) is 0.665. The van der Waals surface area contributed by atoms with Gasteiger partial charge in [0.05, 0.1) is 6.10 Å². The van der Waals surface area contributed by atoms with Crippen molar-refractivity contribution < 1.29 is 9.53 Å². The van der Waals surface area contributed by atoms with Crippen LogP contribution in [0.2, 0.25) is 0 Å². The summed E-state index contributed by atoms with van der Waals surface area (Å²) in [5.74, 6) is 0.939. The summed E-state index contributed by atoms with van der Waals surface area (Å²) in [6, 6.07) is 0. The van der Waals surface area contributed by atoms with Crippen LogP contribution in [0.3, 0.4) is 0 Å². The highest BCUT2D eigenvalue weighted by Crippen LogP contribution is 2.17. The molecule has 0 unspecified atom stereocenters. The number of amides is 1. The molecule has 1 N–H and O–H groups in total. The van der Waals surface area contributed by atoms with Gasteiger partial charge in [-0.1, -0.05) is 13.8 Å². The van der Waals surface area contributed by atoms with Crippen molar-refractivity contribution in [2.24, 2.45) is 11.8 Å². The molecule has 0 aromatic rings. The zero-order valence-electron chi connectivity index (χ0n) is 14.4. The second-order valence-electron chi connectivity index (χ2n) is 6.81. The molecule has 4 nitrogen and oxygen atoms in total. The lowest BCUT2D eigenvalue weighted by Gasteiger charge is -2.32. The highest BCUT2D eigenvalue weighted by Gasteiger charge is 2.19. The van der Waals surface area contributed by atoms with E-state index in [9.17, 15) is 4.79 Å². The average Bonchev–Trinajstić information content (AvgIpc) is 2.45. The number of carbonyl (C=O) groups excluding carboxylic acids is 1. The fourth-order valence-electron chi connectivity index (χ4n) is 2.62. The van der Waals surface area contributed by atoms with Gasteiger partial charge in [0.25, 0.3) is 0 Å². The maximum absolute atomic E-state index is 11.6. The van der Waals surface area contributed by atoms with E-state index in [4.69, 9.17) is 4.74 Å². The summed E-state index contributed by atoms with van der Waals surface area (Å²) < 4.78 is 5.56. The van der Waals surface area contributed by atoms with Crippen molar-refractivity contribution in [3.8, 4) is 0 Å². The number of nitrogens with one attached hydrogen (secondary N) is 1. The second kappa shape index (κ2) is 10.2. The summed E-state index contributed by atoms with van der Waals surface area (Å²) in [5, 5.41) is 3.06. The van der Waals surface area contributed by atoms with Crippen LogP contribution in [0.15, 0.2) is 0 Å². The molecule has 0 atom stereocenters. The maximum atomic E-state index is 11.6.